The van der Waals surface area contributed by atoms with Crippen LogP contribution >= 0.6 is 11.3 Å². The van der Waals surface area contributed by atoms with Gasteiger partial charge in [0.25, 0.3) is 5.56 Å². The standard InChI is InChI=1S/C15H14N4O3S/c1-8-7-23-15(16-8)18-13(21)6-19-9(2)17-12-4-3-10(20)5-11(12)14(19)22/h3-5,7,20H,6H2,1-2H3,(H,16,18,21). The molecule has 0 aliphatic heterocycles. The van der Waals surface area contributed by atoms with Crippen molar-refractivity contribution in [3.8, 4) is 5.75 Å². The first-order valence-corrected chi connectivity index (χ1v) is 7.74. The van der Waals surface area contributed by atoms with Gasteiger partial charge in [0.15, 0.2) is 5.13 Å². The van der Waals surface area contributed by atoms with Crippen LogP contribution in [0.25, 0.3) is 10.9 Å². The van der Waals surface area contributed by atoms with Crippen molar-refractivity contribution in [1.82, 2.24) is 14.5 Å². The molecule has 0 unspecified atom stereocenters. The molecule has 1 amide bonds. The zero-order valence-electron chi connectivity index (χ0n) is 12.5. The zero-order valence-corrected chi connectivity index (χ0v) is 13.3. The molecule has 0 fully saturated rings. The summed E-state index contributed by atoms with van der Waals surface area (Å²) in [6, 6.07) is 4.39. The molecule has 0 saturated carbocycles. The summed E-state index contributed by atoms with van der Waals surface area (Å²) < 4.78 is 1.28. The average Bonchev–Trinajstić information content (AvgIpc) is 2.89. The van der Waals surface area contributed by atoms with Gasteiger partial charge in [0.2, 0.25) is 5.91 Å². The van der Waals surface area contributed by atoms with Gasteiger partial charge in [-0.25, -0.2) is 9.97 Å². The van der Waals surface area contributed by atoms with Gasteiger partial charge in [0, 0.05) is 5.38 Å². The number of benzene rings is 1. The maximum atomic E-state index is 12.5. The third-order valence-electron chi connectivity index (χ3n) is 3.30. The number of carbonyl (C=O) groups is 1. The predicted octanol–water partition coefficient (Wildman–Crippen LogP) is 1.81. The molecule has 7 nitrogen and oxygen atoms in total. The van der Waals surface area contributed by atoms with E-state index in [2.05, 4.69) is 15.3 Å². The Labute approximate surface area is 135 Å². The maximum absolute atomic E-state index is 12.5. The lowest BCUT2D eigenvalue weighted by Gasteiger charge is -2.10. The number of aryl methyl sites for hydroxylation is 2. The number of anilines is 1. The topological polar surface area (TPSA) is 97.1 Å². The quantitative estimate of drug-likeness (QED) is 0.763. The highest BCUT2D eigenvalue weighted by Gasteiger charge is 2.13. The van der Waals surface area contributed by atoms with Crippen molar-refractivity contribution in [2.75, 3.05) is 5.32 Å². The van der Waals surface area contributed by atoms with E-state index in [4.69, 9.17) is 0 Å². The number of amides is 1. The summed E-state index contributed by atoms with van der Waals surface area (Å²) >= 11 is 1.32. The van der Waals surface area contributed by atoms with E-state index in [9.17, 15) is 14.7 Å². The van der Waals surface area contributed by atoms with Crippen molar-refractivity contribution in [3.05, 3.63) is 45.5 Å². The van der Waals surface area contributed by atoms with Gasteiger partial charge in [-0.2, -0.15) is 0 Å². The van der Waals surface area contributed by atoms with E-state index in [1.807, 2.05) is 12.3 Å². The Kier molecular flexibility index (Phi) is 3.83. The van der Waals surface area contributed by atoms with Crippen LogP contribution in [-0.2, 0) is 11.3 Å². The van der Waals surface area contributed by atoms with E-state index in [0.717, 1.165) is 5.69 Å². The minimum Gasteiger partial charge on any atom is -0.508 e. The number of fused-ring (bicyclic) bond motifs is 1. The lowest BCUT2D eigenvalue weighted by atomic mass is 10.2. The number of hydrogen-bond acceptors (Lipinski definition) is 6. The monoisotopic (exact) mass is 330 g/mol. The van der Waals surface area contributed by atoms with Crippen LogP contribution in [0.1, 0.15) is 11.5 Å². The summed E-state index contributed by atoms with van der Waals surface area (Å²) in [6.07, 6.45) is 0. The molecule has 0 atom stereocenters. The van der Waals surface area contributed by atoms with Gasteiger partial charge in [0.05, 0.1) is 16.6 Å². The Morgan fingerprint density at radius 2 is 2.13 bits per heavy atom. The van der Waals surface area contributed by atoms with Gasteiger partial charge in [-0.05, 0) is 32.0 Å². The summed E-state index contributed by atoms with van der Waals surface area (Å²) in [7, 11) is 0. The molecule has 0 bridgehead atoms. The first kappa shape index (κ1) is 15.2. The summed E-state index contributed by atoms with van der Waals surface area (Å²) in [6.45, 7) is 3.33. The Bertz CT molecular complexity index is 961. The van der Waals surface area contributed by atoms with Gasteiger partial charge < -0.3 is 10.4 Å². The first-order chi connectivity index (χ1) is 10.9. The van der Waals surface area contributed by atoms with Crippen molar-refractivity contribution in [2.24, 2.45) is 0 Å². The van der Waals surface area contributed by atoms with Crippen LogP contribution in [-0.4, -0.2) is 25.5 Å². The Hall–Kier alpha value is -2.74. The Balaban J connectivity index is 1.93. The number of aromatic nitrogens is 3. The van der Waals surface area contributed by atoms with E-state index in [1.54, 1.807) is 13.0 Å². The minimum absolute atomic E-state index is 0.0190. The number of aromatic hydroxyl groups is 1. The molecular weight excluding hydrogens is 316 g/mol. The number of nitrogens with zero attached hydrogens (tertiary/aromatic N) is 3. The van der Waals surface area contributed by atoms with Gasteiger partial charge in [-0.15, -0.1) is 11.3 Å². The van der Waals surface area contributed by atoms with Crippen LogP contribution in [0.3, 0.4) is 0 Å². The molecular formula is C15H14N4O3S. The second-order valence-electron chi connectivity index (χ2n) is 5.09. The van der Waals surface area contributed by atoms with Gasteiger partial charge >= 0.3 is 0 Å². The van der Waals surface area contributed by atoms with Crippen LogP contribution in [0.4, 0.5) is 5.13 Å². The number of carbonyl (C=O) groups excluding carboxylic acids is 1. The second-order valence-corrected chi connectivity index (χ2v) is 5.95. The summed E-state index contributed by atoms with van der Waals surface area (Å²) in [5.41, 5.74) is 0.938. The van der Waals surface area contributed by atoms with Crippen LogP contribution in [0.5, 0.6) is 5.75 Å². The fourth-order valence-electron chi connectivity index (χ4n) is 2.22. The molecule has 3 aromatic rings. The molecule has 2 aromatic heterocycles. The molecule has 23 heavy (non-hydrogen) atoms. The highest BCUT2D eigenvalue weighted by Crippen LogP contribution is 2.16. The third-order valence-corrected chi connectivity index (χ3v) is 4.17. The summed E-state index contributed by atoms with van der Waals surface area (Å²) in [5, 5.41) is 14.8. The Morgan fingerprint density at radius 3 is 2.83 bits per heavy atom. The first-order valence-electron chi connectivity index (χ1n) is 6.86. The fourth-order valence-corrected chi connectivity index (χ4v) is 2.92. The van der Waals surface area contributed by atoms with Crippen LogP contribution in [0.2, 0.25) is 0 Å². The smallest absolute Gasteiger partial charge is 0.261 e. The van der Waals surface area contributed by atoms with E-state index in [-0.39, 0.29) is 29.1 Å². The molecule has 0 saturated heterocycles. The predicted molar refractivity (Wildman–Crippen MR) is 87.9 cm³/mol. The number of phenols is 1. The van der Waals surface area contributed by atoms with E-state index in [0.29, 0.717) is 16.5 Å². The number of phenolic OH excluding ortho intramolecular Hbond substituents is 1. The van der Waals surface area contributed by atoms with Crippen molar-refractivity contribution in [2.45, 2.75) is 20.4 Å². The maximum Gasteiger partial charge on any atom is 0.261 e. The summed E-state index contributed by atoms with van der Waals surface area (Å²) in [5.74, 6) is 0.0547. The van der Waals surface area contributed by atoms with Gasteiger partial charge in [-0.1, -0.05) is 0 Å². The fraction of sp³-hybridized carbons (Fsp3) is 0.200. The van der Waals surface area contributed by atoms with Gasteiger partial charge in [0.1, 0.15) is 18.1 Å². The molecule has 3 rings (SSSR count). The van der Waals surface area contributed by atoms with Crippen LogP contribution in [0, 0.1) is 13.8 Å². The van der Waals surface area contributed by atoms with Crippen molar-refractivity contribution in [1.29, 1.82) is 0 Å². The lowest BCUT2D eigenvalue weighted by Crippen LogP contribution is -2.30. The van der Waals surface area contributed by atoms with Gasteiger partial charge in [-0.3, -0.25) is 14.2 Å². The second kappa shape index (κ2) is 5.81. The van der Waals surface area contributed by atoms with Crippen LogP contribution < -0.4 is 10.9 Å². The molecule has 0 aliphatic rings. The summed E-state index contributed by atoms with van der Waals surface area (Å²) in [4.78, 5) is 33.1. The number of thiazole rings is 1. The largest absolute Gasteiger partial charge is 0.508 e. The molecule has 2 heterocycles. The minimum atomic E-state index is -0.367. The molecule has 118 valence electrons. The molecule has 0 radical (unpaired) electrons. The molecule has 0 aliphatic carbocycles. The van der Waals surface area contributed by atoms with Crippen molar-refractivity contribution < 1.29 is 9.90 Å². The van der Waals surface area contributed by atoms with Crippen LogP contribution in [0.15, 0.2) is 28.4 Å². The third kappa shape index (κ3) is 3.07. The number of nitrogens with one attached hydrogen (secondary N) is 1. The highest BCUT2D eigenvalue weighted by atomic mass is 32.1. The molecule has 0 spiro atoms. The zero-order chi connectivity index (χ0) is 16.6. The number of rotatable bonds is 3. The van der Waals surface area contributed by atoms with E-state index >= 15 is 0 Å². The molecule has 8 heteroatoms. The average molecular weight is 330 g/mol. The molecule has 1 aromatic carbocycles. The van der Waals surface area contributed by atoms with Crippen molar-refractivity contribution in [3.63, 3.8) is 0 Å². The van der Waals surface area contributed by atoms with E-state index < -0.39 is 0 Å². The normalized spacial score (nSPS) is 10.9. The molecule has 2 N–H and O–H groups in total. The van der Waals surface area contributed by atoms with E-state index in [1.165, 1.54) is 28.0 Å². The number of hydrogen-bond donors (Lipinski definition) is 2. The lowest BCUT2D eigenvalue weighted by molar-refractivity contribution is -0.116. The van der Waals surface area contributed by atoms with Crippen molar-refractivity contribution >= 4 is 33.3 Å². The Morgan fingerprint density at radius 1 is 1.35 bits per heavy atom. The highest BCUT2D eigenvalue weighted by molar-refractivity contribution is 7.13. The SMILES string of the molecule is Cc1csc(NC(=O)Cn2c(C)nc3ccc(O)cc3c2=O)n1.